The number of hydrogen-bond donors (Lipinski definition) is 0. The third-order valence-electron chi connectivity index (χ3n) is 4.51. The second kappa shape index (κ2) is 8.79. The lowest BCUT2D eigenvalue weighted by Crippen LogP contribution is -2.15. The van der Waals surface area contributed by atoms with Crippen molar-refractivity contribution in [2.24, 2.45) is 0 Å². The molecule has 1 heterocycles. The van der Waals surface area contributed by atoms with Crippen molar-refractivity contribution in [3.63, 3.8) is 0 Å². The molecule has 4 nitrogen and oxygen atoms in total. The molecule has 0 amide bonds. The van der Waals surface area contributed by atoms with E-state index < -0.39 is 29.2 Å². The number of esters is 1. The molecule has 0 atom stereocenters. The number of ketones is 1. The molecule has 0 spiro atoms. The highest BCUT2D eigenvalue weighted by Crippen LogP contribution is 2.41. The normalized spacial score (nSPS) is 11.7. The van der Waals surface area contributed by atoms with Crippen molar-refractivity contribution < 1.29 is 31.9 Å². The molecule has 0 saturated carbocycles. The summed E-state index contributed by atoms with van der Waals surface area (Å²) in [6.45, 7) is 3.02. The Kier molecular flexibility index (Phi) is 6.54. The predicted octanol–water partition coefficient (Wildman–Crippen LogP) is 6.56. The van der Waals surface area contributed by atoms with Gasteiger partial charge in [-0.3, -0.25) is 9.59 Å². The maximum Gasteiger partial charge on any atom is 0.420 e. The molecule has 1 aromatic heterocycles. The van der Waals surface area contributed by atoms with E-state index in [4.69, 9.17) is 9.15 Å². The van der Waals surface area contributed by atoms with Gasteiger partial charge in [0.05, 0.1) is 9.13 Å². The molecule has 158 valence electrons. The number of ether oxygens (including phenoxy) is 1. The summed E-state index contributed by atoms with van der Waals surface area (Å²) in [5, 5.41) is 0.557. The number of aryl methyl sites for hydroxylation is 1. The van der Waals surface area contributed by atoms with Gasteiger partial charge in [0.2, 0.25) is 0 Å². The van der Waals surface area contributed by atoms with Crippen LogP contribution in [0.2, 0.25) is 0 Å². The zero-order valence-corrected chi connectivity index (χ0v) is 18.4. The molecule has 0 saturated heterocycles. The van der Waals surface area contributed by atoms with Crippen LogP contribution in [0.1, 0.15) is 53.9 Å². The van der Waals surface area contributed by atoms with Crippen LogP contribution in [-0.4, -0.2) is 11.8 Å². The number of unbranched alkanes of at least 4 members (excludes halogenated alkanes) is 1. The average Bonchev–Trinajstić information content (AvgIpc) is 3.04. The van der Waals surface area contributed by atoms with Crippen molar-refractivity contribution in [3.05, 3.63) is 62.4 Å². The lowest BCUT2D eigenvalue weighted by molar-refractivity contribution is -0.141. The van der Waals surface area contributed by atoms with Crippen LogP contribution in [0.3, 0.4) is 0 Å². The summed E-state index contributed by atoms with van der Waals surface area (Å²) in [6, 6.07) is 8.96. The largest absolute Gasteiger partial charge is 0.460 e. The highest BCUT2D eigenvalue weighted by molar-refractivity contribution is 14.1. The number of para-hydroxylation sites is 1. The zero-order valence-electron chi connectivity index (χ0n) is 16.2. The quantitative estimate of drug-likeness (QED) is 0.157. The fourth-order valence-electron chi connectivity index (χ4n) is 3.19. The topological polar surface area (TPSA) is 56.5 Å². The van der Waals surface area contributed by atoms with E-state index in [1.165, 1.54) is 6.07 Å². The molecule has 3 aromatic rings. The molecule has 0 aliphatic carbocycles. The van der Waals surface area contributed by atoms with Crippen LogP contribution in [0.5, 0.6) is 5.75 Å². The fourth-order valence-corrected chi connectivity index (χ4v) is 3.92. The van der Waals surface area contributed by atoms with E-state index in [-0.39, 0.29) is 14.7 Å². The van der Waals surface area contributed by atoms with E-state index >= 15 is 0 Å². The van der Waals surface area contributed by atoms with Crippen LogP contribution in [-0.2, 0) is 17.4 Å². The molecule has 30 heavy (non-hydrogen) atoms. The minimum atomic E-state index is -4.80. The Morgan fingerprint density at radius 3 is 2.50 bits per heavy atom. The first-order valence-electron chi connectivity index (χ1n) is 9.27. The van der Waals surface area contributed by atoms with Gasteiger partial charge in [-0.1, -0.05) is 31.5 Å². The number of halogens is 4. The van der Waals surface area contributed by atoms with E-state index in [9.17, 15) is 22.8 Å². The van der Waals surface area contributed by atoms with Gasteiger partial charge in [0.25, 0.3) is 0 Å². The number of furan rings is 1. The van der Waals surface area contributed by atoms with Crippen molar-refractivity contribution in [2.45, 2.75) is 39.3 Å². The summed E-state index contributed by atoms with van der Waals surface area (Å²) in [5.41, 5.74) is -0.541. The first kappa shape index (κ1) is 22.3. The molecule has 0 bridgehead atoms. The molecular formula is C22H18F3IO4. The van der Waals surface area contributed by atoms with E-state index in [1.54, 1.807) is 46.9 Å². The Labute approximate surface area is 184 Å². The van der Waals surface area contributed by atoms with Crippen molar-refractivity contribution in [1.29, 1.82) is 0 Å². The number of carbonyl (C=O) groups excluding carboxylic acids is 2. The molecule has 3 rings (SSSR count). The van der Waals surface area contributed by atoms with Crippen LogP contribution in [0.25, 0.3) is 11.0 Å². The highest BCUT2D eigenvalue weighted by atomic mass is 127. The smallest absolute Gasteiger partial charge is 0.420 e. The maximum absolute atomic E-state index is 13.6. The number of carbonyl (C=O) groups is 2. The Balaban J connectivity index is 2.18. The zero-order chi connectivity index (χ0) is 22.1. The van der Waals surface area contributed by atoms with Gasteiger partial charge < -0.3 is 9.15 Å². The molecule has 8 heteroatoms. The van der Waals surface area contributed by atoms with Gasteiger partial charge in [-0.2, -0.15) is 13.2 Å². The van der Waals surface area contributed by atoms with E-state index in [2.05, 4.69) is 0 Å². The number of alkyl halides is 3. The number of hydrogen-bond acceptors (Lipinski definition) is 4. The van der Waals surface area contributed by atoms with Gasteiger partial charge in [-0.05, 0) is 47.2 Å². The first-order valence-corrected chi connectivity index (χ1v) is 10.4. The summed E-state index contributed by atoms with van der Waals surface area (Å²) < 4.78 is 51.5. The molecule has 2 aromatic carbocycles. The van der Waals surface area contributed by atoms with Gasteiger partial charge in [0.15, 0.2) is 11.5 Å². The summed E-state index contributed by atoms with van der Waals surface area (Å²) >= 11 is 1.63. The van der Waals surface area contributed by atoms with Crippen molar-refractivity contribution >= 4 is 45.3 Å². The second-order valence-electron chi connectivity index (χ2n) is 6.76. The third kappa shape index (κ3) is 4.53. The van der Waals surface area contributed by atoms with E-state index in [0.29, 0.717) is 23.2 Å². The van der Waals surface area contributed by atoms with Crippen LogP contribution in [0, 0.1) is 3.57 Å². The highest BCUT2D eigenvalue weighted by Gasteiger charge is 2.37. The van der Waals surface area contributed by atoms with Crippen molar-refractivity contribution in [3.8, 4) is 5.75 Å². The van der Waals surface area contributed by atoms with Gasteiger partial charge in [0.1, 0.15) is 16.9 Å². The molecule has 0 N–H and O–H groups in total. The van der Waals surface area contributed by atoms with Crippen LogP contribution >= 0.6 is 22.6 Å². The monoisotopic (exact) mass is 530 g/mol. The maximum atomic E-state index is 13.6. The minimum absolute atomic E-state index is 0.0175. The molecular weight excluding hydrogens is 512 g/mol. The van der Waals surface area contributed by atoms with Crippen LogP contribution in [0.4, 0.5) is 13.2 Å². The van der Waals surface area contributed by atoms with E-state index in [1.807, 2.05) is 6.92 Å². The molecule has 0 aliphatic heterocycles. The average molecular weight is 530 g/mol. The summed E-state index contributed by atoms with van der Waals surface area (Å²) in [6.07, 6.45) is -2.65. The first-order chi connectivity index (χ1) is 14.1. The van der Waals surface area contributed by atoms with Crippen molar-refractivity contribution in [1.82, 2.24) is 0 Å². The van der Waals surface area contributed by atoms with Crippen LogP contribution < -0.4 is 4.74 Å². The van der Waals surface area contributed by atoms with Gasteiger partial charge in [-0.25, -0.2) is 0 Å². The lowest BCUT2D eigenvalue weighted by atomic mass is 9.96. The molecule has 0 unspecified atom stereocenters. The summed E-state index contributed by atoms with van der Waals surface area (Å²) in [4.78, 5) is 24.6. The number of benzene rings is 2. The summed E-state index contributed by atoms with van der Waals surface area (Å²) in [7, 11) is 0. The molecule has 0 aliphatic rings. The number of fused-ring (bicyclic) bond motifs is 1. The number of rotatable bonds is 6. The van der Waals surface area contributed by atoms with Gasteiger partial charge in [-0.15, -0.1) is 0 Å². The SMILES string of the molecule is CCCCc1oc2ccccc2c1C(=O)c1cc(I)c(OC(C)=O)c(C(F)(F)F)c1. The van der Waals surface area contributed by atoms with Gasteiger partial charge in [0, 0.05) is 24.3 Å². The van der Waals surface area contributed by atoms with Gasteiger partial charge >= 0.3 is 12.1 Å². The predicted molar refractivity (Wildman–Crippen MR) is 114 cm³/mol. The Hall–Kier alpha value is -2.36. The molecule has 0 fully saturated rings. The van der Waals surface area contributed by atoms with Crippen LogP contribution in [0.15, 0.2) is 40.8 Å². The second-order valence-corrected chi connectivity index (χ2v) is 7.92. The summed E-state index contributed by atoms with van der Waals surface area (Å²) in [5.74, 6) is -1.59. The van der Waals surface area contributed by atoms with Crippen molar-refractivity contribution in [2.75, 3.05) is 0 Å². The molecule has 0 radical (unpaired) electrons. The Bertz CT molecular complexity index is 1120. The third-order valence-corrected chi connectivity index (χ3v) is 5.31. The Morgan fingerprint density at radius 2 is 1.87 bits per heavy atom. The van der Waals surface area contributed by atoms with E-state index in [0.717, 1.165) is 25.8 Å². The standard InChI is InChI=1S/C22H18F3IO4/c1-3-4-8-18-19(14-7-5-6-9-17(14)30-18)20(28)13-10-15(22(23,24)25)21(16(26)11-13)29-12(2)27/h5-7,9-11H,3-4,8H2,1-2H3. The Morgan fingerprint density at radius 1 is 1.17 bits per heavy atom. The lowest BCUT2D eigenvalue weighted by Gasteiger charge is -2.15. The fraction of sp³-hybridized carbons (Fsp3) is 0.273. The minimum Gasteiger partial charge on any atom is -0.460 e.